The third kappa shape index (κ3) is 4.09. The van der Waals surface area contributed by atoms with E-state index in [0.29, 0.717) is 17.9 Å². The lowest BCUT2D eigenvalue weighted by Gasteiger charge is -2.19. The van der Waals surface area contributed by atoms with Crippen LogP contribution in [0.2, 0.25) is 0 Å². The van der Waals surface area contributed by atoms with Crippen LogP contribution in [0.1, 0.15) is 37.6 Å². The summed E-state index contributed by atoms with van der Waals surface area (Å²) in [6, 6.07) is 11.1. The van der Waals surface area contributed by atoms with Crippen LogP contribution < -0.4 is 4.90 Å². The van der Waals surface area contributed by atoms with E-state index in [1.165, 1.54) is 0 Å². The molecule has 0 fully saturated rings. The van der Waals surface area contributed by atoms with Crippen molar-refractivity contribution in [3.05, 3.63) is 59.4 Å². The normalized spacial score (nSPS) is 11.2. The van der Waals surface area contributed by atoms with Gasteiger partial charge in [-0.2, -0.15) is 0 Å². The molecule has 0 saturated carbocycles. The monoisotopic (exact) mass is 393 g/mol. The molecule has 5 nitrogen and oxygen atoms in total. The van der Waals surface area contributed by atoms with Crippen LogP contribution in [0, 0.1) is 11.8 Å². The number of pyridine rings is 1. The minimum atomic E-state index is -1.11. The Morgan fingerprint density at radius 2 is 1.90 bits per heavy atom. The molecule has 1 aromatic carbocycles. The van der Waals surface area contributed by atoms with Crippen LogP contribution in [-0.4, -0.2) is 41.0 Å². The summed E-state index contributed by atoms with van der Waals surface area (Å²) in [4.78, 5) is 18.1. The second kappa shape index (κ2) is 7.96. The van der Waals surface area contributed by atoms with E-state index in [1.807, 2.05) is 63.1 Å². The fraction of sp³-hybridized carbons (Fsp3) is 0.304. The lowest BCUT2D eigenvalue weighted by Crippen LogP contribution is -2.19. The largest absolute Gasteiger partial charge is 0.464 e. The van der Waals surface area contributed by atoms with Gasteiger partial charge in [-0.15, -0.1) is 0 Å². The molecule has 0 spiro atoms. The van der Waals surface area contributed by atoms with Crippen molar-refractivity contribution in [1.82, 2.24) is 9.55 Å². The fourth-order valence-corrected chi connectivity index (χ4v) is 3.37. The highest BCUT2D eigenvalue weighted by atomic mass is 19.1. The molecule has 0 saturated heterocycles. The van der Waals surface area contributed by atoms with Gasteiger partial charge in [0.15, 0.2) is 5.65 Å². The van der Waals surface area contributed by atoms with Crippen molar-refractivity contribution in [2.24, 2.45) is 0 Å². The summed E-state index contributed by atoms with van der Waals surface area (Å²) in [6.07, 6.45) is 0.467. The highest BCUT2D eigenvalue weighted by Crippen LogP contribution is 2.34. The molecule has 0 bridgehead atoms. The minimum Gasteiger partial charge on any atom is -0.464 e. The Labute approximate surface area is 169 Å². The lowest BCUT2D eigenvalue weighted by atomic mass is 9.85. The van der Waals surface area contributed by atoms with E-state index in [-0.39, 0.29) is 5.41 Å². The van der Waals surface area contributed by atoms with Crippen molar-refractivity contribution in [3.63, 3.8) is 0 Å². The Bertz CT molecular complexity index is 1100. The molecule has 29 heavy (non-hydrogen) atoms. The first-order valence-electron chi connectivity index (χ1n) is 9.36. The molecule has 0 radical (unpaired) electrons. The maximum absolute atomic E-state index is 12.5. The topological polar surface area (TPSA) is 58.4 Å². The van der Waals surface area contributed by atoms with Gasteiger partial charge in [-0.3, -0.25) is 0 Å². The summed E-state index contributed by atoms with van der Waals surface area (Å²) in [5.74, 6) is 6.14. The average Bonchev–Trinajstić information content (AvgIpc) is 3.01. The van der Waals surface area contributed by atoms with Gasteiger partial charge in [0.25, 0.3) is 0 Å². The van der Waals surface area contributed by atoms with E-state index in [4.69, 9.17) is 0 Å². The van der Waals surface area contributed by atoms with Crippen LogP contribution >= 0.6 is 0 Å². The number of benzene rings is 1. The number of rotatable bonds is 3. The number of alkyl halides is 1. The standard InChI is InChI=1S/C23H24FN3O2/c1-23(2,3)20-18-6-5-14-25-21(18)27(22(28)29)19(20)12-9-16-7-10-17(11-8-16)26(4)15-13-24/h5-8,10-11,14H,13,15H2,1-4H3,(H,28,29). The van der Waals surface area contributed by atoms with Gasteiger partial charge >= 0.3 is 6.09 Å². The number of hydrogen-bond donors (Lipinski definition) is 1. The van der Waals surface area contributed by atoms with Gasteiger partial charge < -0.3 is 10.0 Å². The SMILES string of the molecule is CN(CCF)c1ccc(C#Cc2c(C(C)(C)C)c3cccnc3n2C(=O)O)cc1. The quantitative estimate of drug-likeness (QED) is 0.657. The summed E-state index contributed by atoms with van der Waals surface area (Å²) >= 11 is 0. The van der Waals surface area contributed by atoms with Gasteiger partial charge in [0.2, 0.25) is 0 Å². The minimum absolute atomic E-state index is 0.315. The molecule has 0 aliphatic heterocycles. The van der Waals surface area contributed by atoms with Gasteiger partial charge in [-0.25, -0.2) is 18.7 Å². The summed E-state index contributed by atoms with van der Waals surface area (Å²) in [5.41, 5.74) is 3.00. The van der Waals surface area contributed by atoms with Gasteiger partial charge in [0.05, 0.1) is 0 Å². The predicted octanol–water partition coefficient (Wildman–Crippen LogP) is 4.67. The number of carboxylic acid groups (broad SMARTS) is 1. The molecule has 150 valence electrons. The summed E-state index contributed by atoms with van der Waals surface area (Å²) in [5, 5.41) is 10.6. The van der Waals surface area contributed by atoms with Crippen molar-refractivity contribution in [2.75, 3.05) is 25.2 Å². The second-order valence-electron chi connectivity index (χ2n) is 7.87. The number of aromatic nitrogens is 2. The summed E-state index contributed by atoms with van der Waals surface area (Å²) in [6.45, 7) is 6.00. The van der Waals surface area contributed by atoms with Crippen molar-refractivity contribution in [2.45, 2.75) is 26.2 Å². The zero-order valence-electron chi connectivity index (χ0n) is 17.0. The van der Waals surface area contributed by atoms with Crippen LogP contribution in [0.15, 0.2) is 42.6 Å². The molecule has 1 N–H and O–H groups in total. The molecule has 6 heteroatoms. The molecule has 0 aliphatic carbocycles. The first-order chi connectivity index (χ1) is 13.7. The first-order valence-corrected chi connectivity index (χ1v) is 9.36. The van der Waals surface area contributed by atoms with Gasteiger partial charge in [0, 0.05) is 42.0 Å². The van der Waals surface area contributed by atoms with Gasteiger partial charge in [0.1, 0.15) is 12.4 Å². The maximum atomic E-state index is 12.5. The molecule has 0 atom stereocenters. The highest BCUT2D eigenvalue weighted by Gasteiger charge is 2.28. The maximum Gasteiger partial charge on any atom is 0.418 e. The smallest absolute Gasteiger partial charge is 0.418 e. The molecular formula is C23H24FN3O2. The van der Waals surface area contributed by atoms with Crippen molar-refractivity contribution in [3.8, 4) is 11.8 Å². The third-order valence-electron chi connectivity index (χ3n) is 4.72. The Kier molecular flexibility index (Phi) is 5.60. The van der Waals surface area contributed by atoms with E-state index in [9.17, 15) is 14.3 Å². The molecule has 0 amide bonds. The van der Waals surface area contributed by atoms with Gasteiger partial charge in [-0.05, 0) is 47.7 Å². The Morgan fingerprint density at radius 1 is 1.21 bits per heavy atom. The number of hydrogen-bond acceptors (Lipinski definition) is 3. The Balaban J connectivity index is 2.12. The average molecular weight is 393 g/mol. The molecule has 2 heterocycles. The third-order valence-corrected chi connectivity index (χ3v) is 4.72. The number of nitrogens with zero attached hydrogens (tertiary/aromatic N) is 3. The predicted molar refractivity (Wildman–Crippen MR) is 114 cm³/mol. The number of anilines is 1. The van der Waals surface area contributed by atoms with Crippen LogP contribution in [0.4, 0.5) is 14.9 Å². The fourth-order valence-electron chi connectivity index (χ4n) is 3.37. The van der Waals surface area contributed by atoms with Gasteiger partial charge in [-0.1, -0.05) is 26.7 Å². The van der Waals surface area contributed by atoms with E-state index in [0.717, 1.165) is 26.8 Å². The first kappa shape index (κ1) is 20.4. The summed E-state index contributed by atoms with van der Waals surface area (Å²) < 4.78 is 13.7. The molecule has 0 aliphatic rings. The van der Waals surface area contributed by atoms with E-state index in [2.05, 4.69) is 16.8 Å². The Morgan fingerprint density at radius 3 is 2.48 bits per heavy atom. The number of carbonyl (C=O) groups is 1. The molecule has 2 aromatic heterocycles. The number of halogens is 1. The molecule has 3 rings (SSSR count). The van der Waals surface area contributed by atoms with Crippen LogP contribution in [-0.2, 0) is 5.41 Å². The molecule has 0 unspecified atom stereocenters. The molecular weight excluding hydrogens is 369 g/mol. The molecule has 3 aromatic rings. The van der Waals surface area contributed by atoms with E-state index < -0.39 is 12.8 Å². The van der Waals surface area contributed by atoms with Crippen LogP contribution in [0.3, 0.4) is 0 Å². The Hall–Kier alpha value is -3.33. The van der Waals surface area contributed by atoms with Crippen molar-refractivity contribution < 1.29 is 14.3 Å². The van der Waals surface area contributed by atoms with Crippen molar-refractivity contribution in [1.29, 1.82) is 0 Å². The lowest BCUT2D eigenvalue weighted by molar-refractivity contribution is 0.197. The zero-order valence-corrected chi connectivity index (χ0v) is 17.0. The van der Waals surface area contributed by atoms with Crippen LogP contribution in [0.25, 0.3) is 11.0 Å². The van der Waals surface area contributed by atoms with E-state index in [1.54, 1.807) is 12.3 Å². The second-order valence-corrected chi connectivity index (χ2v) is 7.87. The number of fused-ring (bicyclic) bond motifs is 1. The van der Waals surface area contributed by atoms with E-state index >= 15 is 0 Å². The zero-order chi connectivity index (χ0) is 21.2. The van der Waals surface area contributed by atoms with Crippen molar-refractivity contribution >= 4 is 22.8 Å². The van der Waals surface area contributed by atoms with Crippen LogP contribution in [0.5, 0.6) is 0 Å². The highest BCUT2D eigenvalue weighted by molar-refractivity contribution is 5.92. The summed E-state index contributed by atoms with van der Waals surface area (Å²) in [7, 11) is 1.83.